The fourth-order valence-corrected chi connectivity index (χ4v) is 8.62. The molecule has 0 fully saturated rings. The Bertz CT molecular complexity index is 2730. The van der Waals surface area contributed by atoms with Crippen molar-refractivity contribution in [3.05, 3.63) is 119 Å². The Morgan fingerprint density at radius 1 is 0.593 bits per heavy atom. The van der Waals surface area contributed by atoms with Crippen LogP contribution in [0.1, 0.15) is 142 Å². The number of fused-ring (bicyclic) bond motifs is 3. The third kappa shape index (κ3) is 23.4. The lowest BCUT2D eigenvalue weighted by Gasteiger charge is -2.27. The van der Waals surface area contributed by atoms with Crippen LogP contribution in [0.4, 0.5) is 4.79 Å². The van der Waals surface area contributed by atoms with E-state index in [1.807, 2.05) is 48.5 Å². The molecule has 81 heavy (non-hydrogen) atoms. The number of alkyl carbamates (subject to hydrolysis) is 1. The molecule has 5 rings (SSSR count). The van der Waals surface area contributed by atoms with Crippen LogP contribution >= 0.6 is 0 Å². The summed E-state index contributed by atoms with van der Waals surface area (Å²) in [5, 5.41) is 15.1. The quantitative estimate of drug-likeness (QED) is 0.0260. The van der Waals surface area contributed by atoms with Crippen LogP contribution in [0.2, 0.25) is 0 Å². The number of benzene rings is 3. The van der Waals surface area contributed by atoms with Crippen LogP contribution in [0, 0.1) is 11.8 Å². The van der Waals surface area contributed by atoms with Crippen molar-refractivity contribution in [2.75, 3.05) is 45.9 Å². The highest BCUT2D eigenvalue weighted by molar-refractivity contribution is 5.81. The first kappa shape index (κ1) is 64.0. The molecule has 1 atom stereocenters. The first-order valence-electron chi connectivity index (χ1n) is 27.0. The van der Waals surface area contributed by atoms with E-state index in [0.717, 1.165) is 22.3 Å². The van der Waals surface area contributed by atoms with Crippen LogP contribution in [0.15, 0.2) is 84.9 Å². The molecule has 0 saturated heterocycles. The molecule has 1 heterocycles. The Kier molecular flexibility index (Phi) is 22.6. The minimum Gasteiger partial charge on any atom is -0.484 e. The van der Waals surface area contributed by atoms with E-state index < -0.39 is 64.4 Å². The standard InChI is InChI=1S/C62H79N5O14/c1-59(2,3)78-53(69)35-66(36-54(70)79-60(4,5)6)33-43-31-42(32-44(64-43)34-67(37-55(71)80-61(7,8)9)38-56(72)81-62(10,11)12)25-24-41-26-28-45(29-27-41)76-40-52(68)63-30-18-17-23-51(57(73)74)65-58(75)77-39-50-48-21-15-13-19-46(48)47-20-14-16-22-49(47)50/h13-16,19-22,26-29,31-32,50-51H,17-18,23,30,33-40H2,1-12H3,(H,63,68)(H,65,75)(H,73,74). The summed E-state index contributed by atoms with van der Waals surface area (Å²) >= 11 is 0. The molecular weight excluding hydrogens is 1040 g/mol. The third-order valence-corrected chi connectivity index (χ3v) is 11.5. The predicted molar refractivity (Wildman–Crippen MR) is 303 cm³/mol. The number of hydrogen-bond donors (Lipinski definition) is 3. The topological polar surface area (TPSA) is 239 Å². The number of ether oxygens (including phenoxy) is 6. The summed E-state index contributed by atoms with van der Waals surface area (Å²) in [4.78, 5) is 98.2. The Morgan fingerprint density at radius 3 is 1.46 bits per heavy atom. The van der Waals surface area contributed by atoms with Gasteiger partial charge < -0.3 is 44.2 Å². The Hall–Kier alpha value is -7.82. The van der Waals surface area contributed by atoms with E-state index in [9.17, 15) is 38.7 Å². The molecule has 0 spiro atoms. The van der Waals surface area contributed by atoms with E-state index in [2.05, 4.69) is 22.5 Å². The number of nitrogens with one attached hydrogen (secondary N) is 2. The van der Waals surface area contributed by atoms with Gasteiger partial charge in [0.2, 0.25) is 0 Å². The molecular formula is C62H79N5O14. The highest BCUT2D eigenvalue weighted by Gasteiger charge is 2.31. The Balaban J connectivity index is 1.21. The Labute approximate surface area is 475 Å². The van der Waals surface area contributed by atoms with Crippen LogP contribution in [-0.2, 0) is 65.5 Å². The van der Waals surface area contributed by atoms with E-state index in [1.165, 1.54) is 0 Å². The van der Waals surface area contributed by atoms with E-state index in [0.29, 0.717) is 41.1 Å². The molecule has 1 aromatic heterocycles. The normalized spacial score (nSPS) is 12.7. The number of pyridine rings is 1. The summed E-state index contributed by atoms with van der Waals surface area (Å²) < 4.78 is 33.7. The van der Waals surface area contributed by atoms with Crippen LogP contribution in [0.25, 0.3) is 11.1 Å². The lowest BCUT2D eigenvalue weighted by molar-refractivity contribution is -0.162. The maximum Gasteiger partial charge on any atom is 0.407 e. The SMILES string of the molecule is CC(C)(C)OC(=O)CN(CC(=O)OC(C)(C)C)Cc1cc(C#Cc2ccc(OCC(=O)NCCCCC(NC(=O)OCC3c4ccccc4-c4ccccc43)C(=O)O)cc2)cc(CN(CC(=O)OC(C)(C)C)CC(=O)OC(C)(C)C)n1. The zero-order valence-electron chi connectivity index (χ0n) is 48.8. The molecule has 0 radical (unpaired) electrons. The number of aromatic nitrogens is 1. The van der Waals surface area contributed by atoms with Crippen molar-refractivity contribution in [2.45, 2.75) is 150 Å². The van der Waals surface area contributed by atoms with Gasteiger partial charge in [-0.05, 0) is 161 Å². The summed E-state index contributed by atoms with van der Waals surface area (Å²) in [6, 6.07) is 24.8. The molecule has 19 nitrogen and oxygen atoms in total. The van der Waals surface area contributed by atoms with Gasteiger partial charge in [0.1, 0.15) is 40.8 Å². The number of aliphatic carboxylic acids is 1. The first-order valence-corrected chi connectivity index (χ1v) is 27.0. The van der Waals surface area contributed by atoms with E-state index in [-0.39, 0.29) is 77.3 Å². The average Bonchev–Trinajstić information content (AvgIpc) is 3.70. The molecule has 19 heteroatoms. The number of carbonyl (C=O) groups excluding carboxylic acids is 6. The second-order valence-electron chi connectivity index (χ2n) is 23.7. The van der Waals surface area contributed by atoms with Crippen molar-refractivity contribution < 1.29 is 67.1 Å². The van der Waals surface area contributed by atoms with Gasteiger partial charge in [0, 0.05) is 36.7 Å². The van der Waals surface area contributed by atoms with Gasteiger partial charge in [-0.2, -0.15) is 0 Å². The zero-order valence-corrected chi connectivity index (χ0v) is 48.8. The number of carboxylic acids is 1. The molecule has 4 aromatic rings. The number of unbranched alkanes of at least 4 members (excludes halogenated alkanes) is 1. The van der Waals surface area contributed by atoms with Gasteiger partial charge >= 0.3 is 35.9 Å². The van der Waals surface area contributed by atoms with Crippen molar-refractivity contribution in [1.29, 1.82) is 0 Å². The van der Waals surface area contributed by atoms with E-state index in [1.54, 1.807) is 129 Å². The highest BCUT2D eigenvalue weighted by Crippen LogP contribution is 2.44. The third-order valence-electron chi connectivity index (χ3n) is 11.5. The number of nitrogens with zero attached hydrogens (tertiary/aromatic N) is 3. The summed E-state index contributed by atoms with van der Waals surface area (Å²) in [5.41, 5.74) is 2.97. The van der Waals surface area contributed by atoms with E-state index >= 15 is 0 Å². The second kappa shape index (κ2) is 28.5. The van der Waals surface area contributed by atoms with Gasteiger partial charge in [-0.1, -0.05) is 60.4 Å². The Morgan fingerprint density at radius 2 is 1.02 bits per heavy atom. The maximum atomic E-state index is 13.2. The number of carbonyl (C=O) groups is 7. The van der Waals surface area contributed by atoms with Gasteiger partial charge in [-0.3, -0.25) is 38.8 Å². The summed E-state index contributed by atoms with van der Waals surface area (Å²) in [6.07, 6.45) is 0.147. The van der Waals surface area contributed by atoms with Gasteiger partial charge in [-0.25, -0.2) is 9.59 Å². The second-order valence-corrected chi connectivity index (χ2v) is 23.7. The predicted octanol–water partition coefficient (Wildman–Crippen LogP) is 8.11. The summed E-state index contributed by atoms with van der Waals surface area (Å²) in [7, 11) is 0. The van der Waals surface area contributed by atoms with Crippen molar-refractivity contribution in [2.24, 2.45) is 0 Å². The van der Waals surface area contributed by atoms with Crippen molar-refractivity contribution in [3.8, 4) is 28.7 Å². The monoisotopic (exact) mass is 1120 g/mol. The minimum absolute atomic E-state index is 0.0207. The lowest BCUT2D eigenvalue weighted by atomic mass is 9.98. The van der Waals surface area contributed by atoms with E-state index in [4.69, 9.17) is 33.4 Å². The average molecular weight is 1120 g/mol. The summed E-state index contributed by atoms with van der Waals surface area (Å²) in [5.74, 6) is 2.67. The van der Waals surface area contributed by atoms with Crippen molar-refractivity contribution in [1.82, 2.24) is 25.4 Å². The van der Waals surface area contributed by atoms with Crippen molar-refractivity contribution in [3.63, 3.8) is 0 Å². The van der Waals surface area contributed by atoms with Gasteiger partial charge in [0.05, 0.1) is 37.6 Å². The maximum absolute atomic E-state index is 13.2. The number of rotatable bonds is 24. The van der Waals surface area contributed by atoms with Crippen LogP contribution in [0.5, 0.6) is 5.75 Å². The number of amides is 2. The van der Waals surface area contributed by atoms with Crippen LogP contribution < -0.4 is 15.4 Å². The first-order chi connectivity index (χ1) is 37.9. The molecule has 3 N–H and O–H groups in total. The number of carboxylic acid groups (broad SMARTS) is 1. The molecule has 3 aromatic carbocycles. The molecule has 0 saturated carbocycles. The molecule has 0 bridgehead atoms. The van der Waals surface area contributed by atoms with Crippen LogP contribution in [0.3, 0.4) is 0 Å². The molecule has 1 unspecified atom stereocenters. The number of hydrogen-bond acceptors (Lipinski definition) is 16. The smallest absolute Gasteiger partial charge is 0.407 e. The molecule has 1 aliphatic carbocycles. The number of esters is 4. The molecule has 1 aliphatic rings. The fraction of sp³-hybridized carbons (Fsp3) is 0.484. The lowest BCUT2D eigenvalue weighted by Crippen LogP contribution is -2.41. The summed E-state index contributed by atoms with van der Waals surface area (Å²) in [6.45, 7) is 19.8. The zero-order chi connectivity index (χ0) is 59.7. The minimum atomic E-state index is -1.19. The molecule has 0 aliphatic heterocycles. The fourth-order valence-electron chi connectivity index (χ4n) is 8.62. The van der Waals surface area contributed by atoms with Gasteiger partial charge in [0.25, 0.3) is 5.91 Å². The van der Waals surface area contributed by atoms with Gasteiger partial charge in [0.15, 0.2) is 6.61 Å². The molecule has 2 amide bonds. The molecule has 436 valence electrons. The van der Waals surface area contributed by atoms with Gasteiger partial charge in [-0.15, -0.1) is 0 Å². The largest absolute Gasteiger partial charge is 0.484 e. The van der Waals surface area contributed by atoms with Crippen LogP contribution in [-0.4, -0.2) is 136 Å². The van der Waals surface area contributed by atoms with Crippen molar-refractivity contribution >= 4 is 41.8 Å². The highest BCUT2D eigenvalue weighted by atomic mass is 16.6.